The minimum absolute atomic E-state index is 0.0715. The van der Waals surface area contributed by atoms with Gasteiger partial charge in [-0.25, -0.2) is 12.8 Å². The van der Waals surface area contributed by atoms with Crippen molar-refractivity contribution < 1.29 is 17.6 Å². The van der Waals surface area contributed by atoms with Gasteiger partial charge in [-0.2, -0.15) is 4.31 Å². The molecular formula is C20H23FN2O3S. The highest BCUT2D eigenvalue weighted by molar-refractivity contribution is 7.89. The fourth-order valence-electron chi connectivity index (χ4n) is 3.24. The van der Waals surface area contributed by atoms with Crippen molar-refractivity contribution in [3.8, 4) is 0 Å². The summed E-state index contributed by atoms with van der Waals surface area (Å²) in [6.07, 6.45) is 0.911. The Labute approximate surface area is 159 Å². The predicted molar refractivity (Wildman–Crippen MR) is 102 cm³/mol. The van der Waals surface area contributed by atoms with Gasteiger partial charge in [-0.05, 0) is 68.1 Å². The molecule has 1 fully saturated rings. The first-order valence-electron chi connectivity index (χ1n) is 8.92. The van der Waals surface area contributed by atoms with Crippen molar-refractivity contribution in [3.05, 3.63) is 59.4 Å². The topological polar surface area (TPSA) is 66.5 Å². The van der Waals surface area contributed by atoms with E-state index in [1.54, 1.807) is 0 Å². The number of rotatable bonds is 4. The van der Waals surface area contributed by atoms with Crippen LogP contribution in [0.1, 0.15) is 24.0 Å². The lowest BCUT2D eigenvalue weighted by atomic mass is 9.97. The smallest absolute Gasteiger partial charge is 0.243 e. The number of hydrogen-bond acceptors (Lipinski definition) is 3. The number of halogens is 1. The van der Waals surface area contributed by atoms with Gasteiger partial charge in [0.15, 0.2) is 0 Å². The SMILES string of the molecule is Cc1cccc(NC(=O)C2CCN(S(=O)(=O)c3ccc(F)cc3)CC2)c1C. The molecular weight excluding hydrogens is 367 g/mol. The Balaban J connectivity index is 1.63. The van der Waals surface area contributed by atoms with Crippen LogP contribution in [0.5, 0.6) is 0 Å². The van der Waals surface area contributed by atoms with Gasteiger partial charge in [-0.3, -0.25) is 4.79 Å². The number of sulfonamides is 1. The molecule has 0 aromatic heterocycles. The second kappa shape index (κ2) is 7.78. The summed E-state index contributed by atoms with van der Waals surface area (Å²) >= 11 is 0. The average Bonchev–Trinajstić information content (AvgIpc) is 2.66. The van der Waals surface area contributed by atoms with Crippen molar-refractivity contribution in [1.82, 2.24) is 4.31 Å². The predicted octanol–water partition coefficient (Wildman–Crippen LogP) is 3.48. The van der Waals surface area contributed by atoms with Crippen LogP contribution < -0.4 is 5.32 Å². The van der Waals surface area contributed by atoms with E-state index < -0.39 is 15.8 Å². The summed E-state index contributed by atoms with van der Waals surface area (Å²) in [6.45, 7) is 4.49. The Morgan fingerprint density at radius 3 is 2.33 bits per heavy atom. The molecule has 1 aliphatic rings. The van der Waals surface area contributed by atoms with Crippen LogP contribution in [0.3, 0.4) is 0 Å². The van der Waals surface area contributed by atoms with Gasteiger partial charge in [-0.1, -0.05) is 12.1 Å². The van der Waals surface area contributed by atoms with Crippen LogP contribution in [0, 0.1) is 25.6 Å². The molecule has 1 heterocycles. The number of carbonyl (C=O) groups excluding carboxylic acids is 1. The van der Waals surface area contributed by atoms with Gasteiger partial charge < -0.3 is 5.32 Å². The third-order valence-corrected chi connectivity index (χ3v) is 7.05. The molecule has 0 saturated carbocycles. The molecule has 27 heavy (non-hydrogen) atoms. The number of hydrogen-bond donors (Lipinski definition) is 1. The van der Waals surface area contributed by atoms with Crippen molar-refractivity contribution >= 4 is 21.6 Å². The largest absolute Gasteiger partial charge is 0.326 e. The Hall–Kier alpha value is -2.25. The quantitative estimate of drug-likeness (QED) is 0.869. The number of piperidine rings is 1. The zero-order valence-corrected chi connectivity index (χ0v) is 16.2. The molecule has 1 aliphatic heterocycles. The molecule has 144 valence electrons. The Morgan fingerprint density at radius 1 is 1.07 bits per heavy atom. The molecule has 1 N–H and O–H groups in total. The molecule has 5 nitrogen and oxygen atoms in total. The molecule has 2 aromatic carbocycles. The number of benzene rings is 2. The molecule has 1 amide bonds. The van der Waals surface area contributed by atoms with Crippen LogP contribution in [0.25, 0.3) is 0 Å². The van der Waals surface area contributed by atoms with E-state index in [2.05, 4.69) is 5.32 Å². The summed E-state index contributed by atoms with van der Waals surface area (Å²) in [5.41, 5.74) is 2.93. The summed E-state index contributed by atoms with van der Waals surface area (Å²) < 4.78 is 39.7. The second-order valence-corrected chi connectivity index (χ2v) is 8.81. The van der Waals surface area contributed by atoms with Gasteiger partial charge in [0, 0.05) is 24.7 Å². The fourth-order valence-corrected chi connectivity index (χ4v) is 4.70. The number of nitrogens with one attached hydrogen (secondary N) is 1. The van der Waals surface area contributed by atoms with Crippen LogP contribution >= 0.6 is 0 Å². The van der Waals surface area contributed by atoms with Crippen molar-refractivity contribution in [1.29, 1.82) is 0 Å². The van der Waals surface area contributed by atoms with Gasteiger partial charge in [0.05, 0.1) is 4.90 Å². The Kier molecular flexibility index (Phi) is 5.62. The van der Waals surface area contributed by atoms with Crippen LogP contribution in [0.4, 0.5) is 10.1 Å². The molecule has 1 saturated heterocycles. The molecule has 0 unspecified atom stereocenters. The van der Waals surface area contributed by atoms with E-state index in [0.29, 0.717) is 12.8 Å². The summed E-state index contributed by atoms with van der Waals surface area (Å²) in [5, 5.41) is 2.96. The maximum atomic E-state index is 13.0. The number of anilines is 1. The highest BCUT2D eigenvalue weighted by Crippen LogP contribution is 2.26. The number of nitrogens with zero attached hydrogens (tertiary/aromatic N) is 1. The van der Waals surface area contributed by atoms with Crippen LogP contribution in [-0.4, -0.2) is 31.7 Å². The maximum Gasteiger partial charge on any atom is 0.243 e. The van der Waals surface area contributed by atoms with Gasteiger partial charge in [0.2, 0.25) is 15.9 Å². The lowest BCUT2D eigenvalue weighted by Crippen LogP contribution is -2.41. The molecule has 7 heteroatoms. The number of carbonyl (C=O) groups is 1. The molecule has 0 radical (unpaired) electrons. The first-order valence-corrected chi connectivity index (χ1v) is 10.4. The highest BCUT2D eigenvalue weighted by Gasteiger charge is 2.32. The summed E-state index contributed by atoms with van der Waals surface area (Å²) in [4.78, 5) is 12.6. The van der Waals surface area contributed by atoms with Crippen molar-refractivity contribution in [2.75, 3.05) is 18.4 Å². The van der Waals surface area contributed by atoms with Crippen molar-refractivity contribution in [2.24, 2.45) is 5.92 Å². The van der Waals surface area contributed by atoms with Crippen molar-refractivity contribution in [2.45, 2.75) is 31.6 Å². The lowest BCUT2D eigenvalue weighted by Gasteiger charge is -2.30. The van der Waals surface area contributed by atoms with E-state index in [9.17, 15) is 17.6 Å². The molecule has 0 bridgehead atoms. The molecule has 3 rings (SSSR count). The van der Waals surface area contributed by atoms with Gasteiger partial charge in [-0.15, -0.1) is 0 Å². The minimum Gasteiger partial charge on any atom is -0.326 e. The second-order valence-electron chi connectivity index (χ2n) is 6.87. The summed E-state index contributed by atoms with van der Waals surface area (Å²) in [6, 6.07) is 10.6. The standard InChI is InChI=1S/C20H23FN2O3S/c1-14-4-3-5-19(15(14)2)22-20(24)16-10-12-23(13-11-16)27(25,26)18-8-6-17(21)7-9-18/h3-9,16H,10-13H2,1-2H3,(H,22,24). The zero-order chi connectivity index (χ0) is 19.6. The zero-order valence-electron chi connectivity index (χ0n) is 15.4. The molecule has 2 aromatic rings. The lowest BCUT2D eigenvalue weighted by molar-refractivity contribution is -0.120. The normalized spacial score (nSPS) is 16.3. The molecule has 0 atom stereocenters. The highest BCUT2D eigenvalue weighted by atomic mass is 32.2. The Bertz CT molecular complexity index is 934. The number of aryl methyl sites for hydroxylation is 1. The number of amides is 1. The van der Waals surface area contributed by atoms with Crippen LogP contribution in [0.2, 0.25) is 0 Å². The monoisotopic (exact) mass is 390 g/mol. The van der Waals surface area contributed by atoms with Gasteiger partial charge in [0.25, 0.3) is 0 Å². The fraction of sp³-hybridized carbons (Fsp3) is 0.350. The maximum absolute atomic E-state index is 13.0. The first-order chi connectivity index (χ1) is 12.8. The van der Waals surface area contributed by atoms with Gasteiger partial charge in [0.1, 0.15) is 5.82 Å². The van der Waals surface area contributed by atoms with E-state index in [0.717, 1.165) is 28.9 Å². The van der Waals surface area contributed by atoms with E-state index in [1.807, 2.05) is 32.0 Å². The third-order valence-electron chi connectivity index (χ3n) is 5.14. The Morgan fingerprint density at radius 2 is 1.70 bits per heavy atom. The minimum atomic E-state index is -3.66. The summed E-state index contributed by atoms with van der Waals surface area (Å²) in [5.74, 6) is -0.789. The van der Waals surface area contributed by atoms with Crippen LogP contribution in [0.15, 0.2) is 47.4 Å². The third kappa shape index (κ3) is 4.20. The molecule has 0 aliphatic carbocycles. The van der Waals surface area contributed by atoms with Crippen molar-refractivity contribution in [3.63, 3.8) is 0 Å². The van der Waals surface area contributed by atoms with E-state index in [4.69, 9.17) is 0 Å². The van der Waals surface area contributed by atoms with E-state index in [1.165, 1.54) is 16.4 Å². The first kappa shape index (κ1) is 19.5. The van der Waals surface area contributed by atoms with E-state index >= 15 is 0 Å². The van der Waals surface area contributed by atoms with Crippen LogP contribution in [-0.2, 0) is 14.8 Å². The average molecular weight is 390 g/mol. The van der Waals surface area contributed by atoms with E-state index in [-0.39, 0.29) is 29.8 Å². The molecule has 0 spiro atoms. The summed E-state index contributed by atoms with van der Waals surface area (Å²) in [7, 11) is -3.66. The van der Waals surface area contributed by atoms with Gasteiger partial charge >= 0.3 is 0 Å².